The van der Waals surface area contributed by atoms with E-state index in [2.05, 4.69) is 15.8 Å². The number of hydrazone groups is 1. The summed E-state index contributed by atoms with van der Waals surface area (Å²) in [6.45, 7) is 1.59. The average molecular weight is 322 g/mol. The number of nitro benzene ring substituents is 1. The van der Waals surface area contributed by atoms with Crippen LogP contribution in [-0.2, 0) is 4.79 Å². The largest absolute Gasteiger partial charge is 0.500 e. The molecule has 1 amide bonds. The SMILES string of the molecule is COc1cc(/C=N/NC(=O)C2CCNCC2)cc([N+](=O)[O-])c1O. The number of nitrogens with zero attached hydrogens (tertiary/aromatic N) is 2. The Bertz CT molecular complexity index is 626. The minimum Gasteiger partial charge on any atom is -0.500 e. The van der Waals surface area contributed by atoms with Crippen molar-refractivity contribution in [2.24, 2.45) is 11.0 Å². The summed E-state index contributed by atoms with van der Waals surface area (Å²) in [6.07, 6.45) is 2.77. The summed E-state index contributed by atoms with van der Waals surface area (Å²) < 4.78 is 4.89. The average Bonchev–Trinajstić information content (AvgIpc) is 2.56. The summed E-state index contributed by atoms with van der Waals surface area (Å²) in [5.74, 6) is -0.848. The predicted molar refractivity (Wildman–Crippen MR) is 82.6 cm³/mol. The highest BCUT2D eigenvalue weighted by atomic mass is 16.6. The van der Waals surface area contributed by atoms with E-state index in [-0.39, 0.29) is 17.6 Å². The van der Waals surface area contributed by atoms with E-state index in [1.165, 1.54) is 19.4 Å². The number of rotatable bonds is 5. The second-order valence-electron chi connectivity index (χ2n) is 5.11. The van der Waals surface area contributed by atoms with Crippen LogP contribution in [0.1, 0.15) is 18.4 Å². The molecule has 0 spiro atoms. The smallest absolute Gasteiger partial charge is 0.315 e. The summed E-state index contributed by atoms with van der Waals surface area (Å²) in [5, 5.41) is 27.6. The van der Waals surface area contributed by atoms with Gasteiger partial charge in [0.05, 0.1) is 18.2 Å². The first-order valence-electron chi connectivity index (χ1n) is 7.12. The molecule has 0 atom stereocenters. The van der Waals surface area contributed by atoms with Gasteiger partial charge in [-0.1, -0.05) is 0 Å². The summed E-state index contributed by atoms with van der Waals surface area (Å²) in [7, 11) is 1.29. The third-order valence-electron chi connectivity index (χ3n) is 3.59. The van der Waals surface area contributed by atoms with Crippen molar-refractivity contribution >= 4 is 17.8 Å². The number of benzene rings is 1. The summed E-state index contributed by atoms with van der Waals surface area (Å²) in [4.78, 5) is 22.1. The van der Waals surface area contributed by atoms with Gasteiger partial charge in [-0.25, -0.2) is 5.43 Å². The minimum atomic E-state index is -0.719. The van der Waals surface area contributed by atoms with Crippen LogP contribution in [0.5, 0.6) is 11.5 Å². The molecule has 23 heavy (non-hydrogen) atoms. The number of hydrogen-bond donors (Lipinski definition) is 3. The van der Waals surface area contributed by atoms with E-state index < -0.39 is 16.4 Å². The fraction of sp³-hybridized carbons (Fsp3) is 0.429. The summed E-state index contributed by atoms with van der Waals surface area (Å²) in [5.41, 5.74) is 2.27. The zero-order chi connectivity index (χ0) is 16.8. The van der Waals surface area contributed by atoms with Crippen molar-refractivity contribution in [2.75, 3.05) is 20.2 Å². The third kappa shape index (κ3) is 4.16. The van der Waals surface area contributed by atoms with Gasteiger partial charge in [-0.3, -0.25) is 14.9 Å². The minimum absolute atomic E-state index is 0.0367. The van der Waals surface area contributed by atoms with Gasteiger partial charge in [-0.2, -0.15) is 5.10 Å². The van der Waals surface area contributed by atoms with Gasteiger partial charge in [-0.05, 0) is 32.0 Å². The first-order valence-corrected chi connectivity index (χ1v) is 7.12. The molecule has 9 heteroatoms. The Labute approximate surface area is 132 Å². The molecule has 2 rings (SSSR count). The zero-order valence-electron chi connectivity index (χ0n) is 12.6. The van der Waals surface area contributed by atoms with Gasteiger partial charge >= 0.3 is 5.69 Å². The number of aromatic hydroxyl groups is 1. The molecule has 3 N–H and O–H groups in total. The molecular weight excluding hydrogens is 304 g/mol. The van der Waals surface area contributed by atoms with Crippen LogP contribution in [-0.4, -0.2) is 42.4 Å². The molecule has 9 nitrogen and oxygen atoms in total. The number of ether oxygens (including phenoxy) is 1. The number of phenolic OH excluding ortho intramolecular Hbond substituents is 1. The lowest BCUT2D eigenvalue weighted by Gasteiger charge is -2.20. The van der Waals surface area contributed by atoms with Crippen molar-refractivity contribution in [3.63, 3.8) is 0 Å². The quantitative estimate of drug-likeness (QED) is 0.417. The molecule has 1 fully saturated rings. The van der Waals surface area contributed by atoms with Crippen molar-refractivity contribution in [3.05, 3.63) is 27.8 Å². The zero-order valence-corrected chi connectivity index (χ0v) is 12.6. The monoisotopic (exact) mass is 322 g/mol. The molecule has 1 aliphatic heterocycles. The fourth-order valence-corrected chi connectivity index (χ4v) is 2.33. The topological polar surface area (TPSA) is 126 Å². The molecule has 1 heterocycles. The van der Waals surface area contributed by atoms with E-state index in [1.807, 2.05) is 0 Å². The van der Waals surface area contributed by atoms with E-state index in [0.717, 1.165) is 32.0 Å². The lowest BCUT2D eigenvalue weighted by Crippen LogP contribution is -2.36. The van der Waals surface area contributed by atoms with Crippen molar-refractivity contribution in [3.8, 4) is 11.5 Å². The van der Waals surface area contributed by atoms with Crippen LogP contribution in [0.3, 0.4) is 0 Å². The van der Waals surface area contributed by atoms with Crippen LogP contribution in [0, 0.1) is 16.0 Å². The van der Waals surface area contributed by atoms with Gasteiger partial charge < -0.3 is 15.2 Å². The number of methoxy groups -OCH3 is 1. The Morgan fingerprint density at radius 2 is 2.22 bits per heavy atom. The normalized spacial score (nSPS) is 15.5. The van der Waals surface area contributed by atoms with E-state index in [1.54, 1.807) is 0 Å². The first kappa shape index (κ1) is 16.7. The van der Waals surface area contributed by atoms with E-state index in [9.17, 15) is 20.0 Å². The Balaban J connectivity index is 2.08. The molecule has 0 aromatic heterocycles. The number of amides is 1. The van der Waals surface area contributed by atoms with Crippen LogP contribution < -0.4 is 15.5 Å². The van der Waals surface area contributed by atoms with Crippen LogP contribution in [0.15, 0.2) is 17.2 Å². The Hall–Kier alpha value is -2.68. The highest BCUT2D eigenvalue weighted by Crippen LogP contribution is 2.36. The number of nitrogens with one attached hydrogen (secondary N) is 2. The van der Waals surface area contributed by atoms with Gasteiger partial charge in [0.2, 0.25) is 11.7 Å². The maximum absolute atomic E-state index is 11.9. The molecule has 1 aromatic carbocycles. The Morgan fingerprint density at radius 1 is 1.52 bits per heavy atom. The number of piperidine rings is 1. The fourth-order valence-electron chi connectivity index (χ4n) is 2.33. The maximum atomic E-state index is 11.9. The molecule has 0 radical (unpaired) electrons. The number of hydrogen-bond acceptors (Lipinski definition) is 7. The van der Waals surface area contributed by atoms with E-state index in [4.69, 9.17) is 4.74 Å². The van der Waals surface area contributed by atoms with Gasteiger partial charge in [-0.15, -0.1) is 0 Å². The molecular formula is C14H18N4O5. The Morgan fingerprint density at radius 3 is 2.83 bits per heavy atom. The number of phenols is 1. The summed E-state index contributed by atoms with van der Waals surface area (Å²) >= 11 is 0. The number of nitro groups is 1. The molecule has 1 aliphatic rings. The van der Waals surface area contributed by atoms with Gasteiger partial charge in [0.15, 0.2) is 5.75 Å². The standard InChI is InChI=1S/C14H18N4O5/c1-23-12-7-9(6-11(13(12)19)18(21)22)8-16-17-14(20)10-2-4-15-5-3-10/h6-8,10,15,19H,2-5H2,1H3,(H,17,20)/b16-8+. The second-order valence-corrected chi connectivity index (χ2v) is 5.11. The van der Waals surface area contributed by atoms with Gasteiger partial charge in [0.1, 0.15) is 0 Å². The van der Waals surface area contributed by atoms with Crippen LogP contribution in [0.4, 0.5) is 5.69 Å². The number of carbonyl (C=O) groups excluding carboxylic acids is 1. The first-order chi connectivity index (χ1) is 11.0. The molecule has 1 saturated heterocycles. The van der Waals surface area contributed by atoms with E-state index in [0.29, 0.717) is 5.56 Å². The van der Waals surface area contributed by atoms with Crippen LogP contribution in [0.2, 0.25) is 0 Å². The molecule has 1 aromatic rings. The lowest BCUT2D eigenvalue weighted by atomic mass is 9.98. The third-order valence-corrected chi connectivity index (χ3v) is 3.59. The van der Waals surface area contributed by atoms with Crippen LogP contribution in [0.25, 0.3) is 0 Å². The highest BCUT2D eigenvalue weighted by molar-refractivity contribution is 5.85. The molecule has 0 saturated carbocycles. The lowest BCUT2D eigenvalue weighted by molar-refractivity contribution is -0.386. The predicted octanol–water partition coefficient (Wildman–Crippen LogP) is 0.759. The molecule has 124 valence electrons. The Kier molecular flexibility index (Phi) is 5.47. The summed E-state index contributed by atoms with van der Waals surface area (Å²) in [6, 6.07) is 2.54. The second kappa shape index (κ2) is 7.54. The molecule has 0 unspecified atom stereocenters. The number of carbonyl (C=O) groups is 1. The molecule has 0 bridgehead atoms. The van der Waals surface area contributed by atoms with E-state index >= 15 is 0 Å². The molecule has 0 aliphatic carbocycles. The van der Waals surface area contributed by atoms with Gasteiger partial charge in [0.25, 0.3) is 0 Å². The van der Waals surface area contributed by atoms with Crippen LogP contribution >= 0.6 is 0 Å². The van der Waals surface area contributed by atoms with Crippen molar-refractivity contribution in [1.29, 1.82) is 0 Å². The van der Waals surface area contributed by atoms with Gasteiger partial charge in [0, 0.05) is 17.5 Å². The van der Waals surface area contributed by atoms with Crippen molar-refractivity contribution in [2.45, 2.75) is 12.8 Å². The van der Waals surface area contributed by atoms with Crippen molar-refractivity contribution < 1.29 is 19.6 Å². The van der Waals surface area contributed by atoms with Crippen molar-refractivity contribution in [1.82, 2.24) is 10.7 Å². The highest BCUT2D eigenvalue weighted by Gasteiger charge is 2.21. The maximum Gasteiger partial charge on any atom is 0.315 e.